The summed E-state index contributed by atoms with van der Waals surface area (Å²) in [5.41, 5.74) is -0.368. The number of nitrogens with one attached hydrogen (secondary N) is 1. The second kappa shape index (κ2) is 5.48. The van der Waals surface area contributed by atoms with Gasteiger partial charge in [-0.05, 0) is 51.0 Å². The van der Waals surface area contributed by atoms with Crippen molar-refractivity contribution in [3.8, 4) is 0 Å². The first-order valence-corrected chi connectivity index (χ1v) is 7.92. The molecule has 0 radical (unpaired) electrons. The molecule has 0 aromatic rings. The summed E-state index contributed by atoms with van der Waals surface area (Å²) in [7, 11) is 0. The SMILES string of the molecule is OC1(CN(CC2CC2)CC2CCCN2)CCCC1. The van der Waals surface area contributed by atoms with Crippen molar-refractivity contribution in [2.45, 2.75) is 63.0 Å². The van der Waals surface area contributed by atoms with E-state index in [-0.39, 0.29) is 5.60 Å². The molecule has 1 atom stereocenters. The van der Waals surface area contributed by atoms with Crippen LogP contribution in [0.25, 0.3) is 0 Å². The van der Waals surface area contributed by atoms with E-state index in [1.165, 1.54) is 51.6 Å². The molecule has 0 amide bonds. The van der Waals surface area contributed by atoms with Crippen LogP contribution in [0.1, 0.15) is 51.4 Å². The van der Waals surface area contributed by atoms with E-state index >= 15 is 0 Å². The number of rotatable bonds is 6. The van der Waals surface area contributed by atoms with E-state index in [4.69, 9.17) is 0 Å². The van der Waals surface area contributed by atoms with Crippen LogP contribution in [0.3, 0.4) is 0 Å². The van der Waals surface area contributed by atoms with Crippen LogP contribution in [0.4, 0.5) is 0 Å². The van der Waals surface area contributed by atoms with E-state index in [1.807, 2.05) is 0 Å². The fourth-order valence-corrected chi connectivity index (χ4v) is 3.70. The second-order valence-electron chi connectivity index (χ2n) is 6.86. The summed E-state index contributed by atoms with van der Waals surface area (Å²) in [5, 5.41) is 14.2. The first-order valence-electron chi connectivity index (χ1n) is 7.92. The third-order valence-corrected chi connectivity index (χ3v) is 4.91. The molecule has 0 aromatic heterocycles. The summed E-state index contributed by atoms with van der Waals surface area (Å²) in [6.45, 7) is 4.48. The zero-order valence-corrected chi connectivity index (χ0v) is 11.5. The van der Waals surface area contributed by atoms with Gasteiger partial charge in [0.1, 0.15) is 0 Å². The molecule has 3 nitrogen and oxygen atoms in total. The summed E-state index contributed by atoms with van der Waals surface area (Å²) >= 11 is 0. The lowest BCUT2D eigenvalue weighted by Gasteiger charge is -2.33. The predicted molar refractivity (Wildman–Crippen MR) is 73.6 cm³/mol. The number of hydrogen-bond acceptors (Lipinski definition) is 3. The maximum Gasteiger partial charge on any atom is 0.0774 e. The Morgan fingerprint density at radius 2 is 1.83 bits per heavy atom. The van der Waals surface area contributed by atoms with Gasteiger partial charge in [-0.25, -0.2) is 0 Å². The summed E-state index contributed by atoms with van der Waals surface area (Å²) in [4.78, 5) is 2.56. The Hall–Kier alpha value is -0.120. The molecule has 3 heteroatoms. The lowest BCUT2D eigenvalue weighted by atomic mass is 10.0. The number of aliphatic hydroxyl groups is 1. The van der Waals surface area contributed by atoms with Crippen LogP contribution >= 0.6 is 0 Å². The number of nitrogens with zero attached hydrogens (tertiary/aromatic N) is 1. The quantitative estimate of drug-likeness (QED) is 0.756. The molecule has 2 N–H and O–H groups in total. The van der Waals surface area contributed by atoms with Crippen molar-refractivity contribution in [3.05, 3.63) is 0 Å². The van der Waals surface area contributed by atoms with Crippen molar-refractivity contribution >= 4 is 0 Å². The average molecular weight is 252 g/mol. The third-order valence-electron chi connectivity index (χ3n) is 4.91. The smallest absolute Gasteiger partial charge is 0.0774 e. The highest BCUT2D eigenvalue weighted by Crippen LogP contribution is 2.33. The van der Waals surface area contributed by atoms with E-state index in [9.17, 15) is 5.11 Å². The lowest BCUT2D eigenvalue weighted by molar-refractivity contribution is 0.00613. The van der Waals surface area contributed by atoms with Crippen molar-refractivity contribution in [1.29, 1.82) is 0 Å². The van der Waals surface area contributed by atoms with Crippen molar-refractivity contribution in [2.75, 3.05) is 26.2 Å². The highest BCUT2D eigenvalue weighted by Gasteiger charge is 2.35. The summed E-state index contributed by atoms with van der Waals surface area (Å²) < 4.78 is 0. The molecule has 0 bridgehead atoms. The highest BCUT2D eigenvalue weighted by molar-refractivity contribution is 4.91. The molecule has 0 aromatic carbocycles. The van der Waals surface area contributed by atoms with E-state index in [0.717, 1.165) is 31.8 Å². The molecule has 3 rings (SSSR count). The first-order chi connectivity index (χ1) is 8.73. The van der Waals surface area contributed by atoms with E-state index in [2.05, 4.69) is 10.2 Å². The Balaban J connectivity index is 1.53. The highest BCUT2D eigenvalue weighted by atomic mass is 16.3. The molecule has 0 spiro atoms. The summed E-state index contributed by atoms with van der Waals surface area (Å²) in [6, 6.07) is 0.675. The van der Waals surface area contributed by atoms with Gasteiger partial charge in [0.2, 0.25) is 0 Å². The van der Waals surface area contributed by atoms with Gasteiger partial charge in [-0.2, -0.15) is 0 Å². The van der Waals surface area contributed by atoms with Crippen LogP contribution in [0.15, 0.2) is 0 Å². The van der Waals surface area contributed by atoms with Gasteiger partial charge in [-0.1, -0.05) is 12.8 Å². The standard InChI is InChI=1S/C15H28N2O/c18-15(7-1-2-8-15)12-17(10-13-5-6-13)11-14-4-3-9-16-14/h13-14,16,18H,1-12H2. The van der Waals surface area contributed by atoms with Gasteiger partial charge >= 0.3 is 0 Å². The van der Waals surface area contributed by atoms with Gasteiger partial charge in [0.15, 0.2) is 0 Å². The first kappa shape index (κ1) is 12.9. The topological polar surface area (TPSA) is 35.5 Å². The maximum absolute atomic E-state index is 10.6. The largest absolute Gasteiger partial charge is 0.389 e. The molecule has 3 fully saturated rings. The molecule has 1 saturated heterocycles. The molecule has 1 aliphatic heterocycles. The molecule has 104 valence electrons. The number of hydrogen-bond donors (Lipinski definition) is 2. The van der Waals surface area contributed by atoms with Crippen LogP contribution in [0, 0.1) is 5.92 Å². The fraction of sp³-hybridized carbons (Fsp3) is 1.00. The summed E-state index contributed by atoms with van der Waals surface area (Å²) in [6.07, 6.45) is 9.94. The van der Waals surface area contributed by atoms with Crippen molar-refractivity contribution in [2.24, 2.45) is 5.92 Å². The molecule has 2 aliphatic carbocycles. The van der Waals surface area contributed by atoms with Gasteiger partial charge in [0, 0.05) is 25.7 Å². The normalized spacial score (nSPS) is 31.3. The summed E-state index contributed by atoms with van der Waals surface area (Å²) in [5.74, 6) is 0.927. The molecular weight excluding hydrogens is 224 g/mol. The Kier molecular flexibility index (Phi) is 3.92. The molecular formula is C15H28N2O. The van der Waals surface area contributed by atoms with E-state index in [1.54, 1.807) is 0 Å². The maximum atomic E-state index is 10.6. The predicted octanol–water partition coefficient (Wildman–Crippen LogP) is 1.76. The zero-order valence-electron chi connectivity index (χ0n) is 11.5. The minimum atomic E-state index is -0.368. The Morgan fingerprint density at radius 3 is 2.44 bits per heavy atom. The van der Waals surface area contributed by atoms with Crippen LogP contribution < -0.4 is 5.32 Å². The minimum Gasteiger partial charge on any atom is -0.389 e. The molecule has 2 saturated carbocycles. The van der Waals surface area contributed by atoms with Gasteiger partial charge in [0.25, 0.3) is 0 Å². The third kappa shape index (κ3) is 3.46. The van der Waals surface area contributed by atoms with Crippen molar-refractivity contribution in [1.82, 2.24) is 10.2 Å². The average Bonchev–Trinajstić information content (AvgIpc) is 2.83. The van der Waals surface area contributed by atoms with Crippen LogP contribution in [-0.4, -0.2) is 47.8 Å². The minimum absolute atomic E-state index is 0.368. The van der Waals surface area contributed by atoms with Crippen LogP contribution in [-0.2, 0) is 0 Å². The fourth-order valence-electron chi connectivity index (χ4n) is 3.70. The molecule has 3 aliphatic rings. The molecule has 1 heterocycles. The van der Waals surface area contributed by atoms with Crippen LogP contribution in [0.2, 0.25) is 0 Å². The van der Waals surface area contributed by atoms with E-state index in [0.29, 0.717) is 6.04 Å². The van der Waals surface area contributed by atoms with Gasteiger partial charge in [-0.3, -0.25) is 4.90 Å². The van der Waals surface area contributed by atoms with Gasteiger partial charge < -0.3 is 10.4 Å². The Bertz CT molecular complexity index is 266. The van der Waals surface area contributed by atoms with Gasteiger partial charge in [0.05, 0.1) is 5.60 Å². The van der Waals surface area contributed by atoms with Crippen molar-refractivity contribution < 1.29 is 5.11 Å². The monoisotopic (exact) mass is 252 g/mol. The zero-order chi connectivity index (χ0) is 12.4. The Morgan fingerprint density at radius 1 is 1.06 bits per heavy atom. The molecule has 18 heavy (non-hydrogen) atoms. The second-order valence-corrected chi connectivity index (χ2v) is 6.86. The Labute approximate surface area is 111 Å². The van der Waals surface area contributed by atoms with Gasteiger partial charge in [-0.15, -0.1) is 0 Å². The van der Waals surface area contributed by atoms with Crippen LogP contribution in [0.5, 0.6) is 0 Å². The van der Waals surface area contributed by atoms with E-state index < -0.39 is 0 Å². The molecule has 1 unspecified atom stereocenters. The van der Waals surface area contributed by atoms with Crippen molar-refractivity contribution in [3.63, 3.8) is 0 Å². The lowest BCUT2D eigenvalue weighted by Crippen LogP contribution is -2.46.